The lowest BCUT2D eigenvalue weighted by molar-refractivity contribution is -0.138. The van der Waals surface area contributed by atoms with E-state index in [9.17, 15) is 18.0 Å². The normalized spacial score (nSPS) is 21.6. The van der Waals surface area contributed by atoms with Crippen LogP contribution in [0.25, 0.3) is 0 Å². The number of benzene rings is 1. The van der Waals surface area contributed by atoms with E-state index in [1.165, 1.54) is 35.7 Å². The third-order valence-corrected chi connectivity index (χ3v) is 7.35. The van der Waals surface area contributed by atoms with E-state index in [1.54, 1.807) is 0 Å². The minimum absolute atomic E-state index is 0.0515. The van der Waals surface area contributed by atoms with Crippen molar-refractivity contribution in [2.24, 2.45) is 5.92 Å². The standard InChI is InChI=1S/C19H28N4O5S/c1-21-10-12-22(13-11-21)18(24)15-4-3-9-23(14-15)29(26,27)17-7-5-16(6-8-17)20-19(25)28-2/h5-8,15H,3-4,9-14H2,1-2H3,(H,20,25)/t15-/m0/s1. The van der Waals surface area contributed by atoms with E-state index in [2.05, 4.69) is 15.0 Å². The molecule has 0 radical (unpaired) electrons. The minimum atomic E-state index is -3.71. The monoisotopic (exact) mass is 424 g/mol. The van der Waals surface area contributed by atoms with Gasteiger partial charge in [-0.05, 0) is 44.2 Å². The summed E-state index contributed by atoms with van der Waals surface area (Å²) in [7, 11) is -0.424. The SMILES string of the molecule is COC(=O)Nc1ccc(S(=O)(=O)N2CCC[C@H](C(=O)N3CCN(C)CC3)C2)cc1. The lowest BCUT2D eigenvalue weighted by Gasteiger charge is -2.37. The fourth-order valence-corrected chi connectivity index (χ4v) is 5.20. The van der Waals surface area contributed by atoms with Crippen molar-refractivity contribution in [3.8, 4) is 0 Å². The number of amides is 2. The van der Waals surface area contributed by atoms with Crippen LogP contribution in [0.2, 0.25) is 0 Å². The molecule has 2 fully saturated rings. The Bertz CT molecular complexity index is 835. The highest BCUT2D eigenvalue weighted by Gasteiger charge is 2.35. The van der Waals surface area contributed by atoms with Gasteiger partial charge in [-0.3, -0.25) is 10.1 Å². The molecule has 0 bridgehead atoms. The molecule has 2 aliphatic rings. The van der Waals surface area contributed by atoms with Gasteiger partial charge in [0.1, 0.15) is 0 Å². The zero-order chi connectivity index (χ0) is 21.0. The molecule has 0 aliphatic carbocycles. The van der Waals surface area contributed by atoms with E-state index in [4.69, 9.17) is 0 Å². The van der Waals surface area contributed by atoms with Crippen molar-refractivity contribution in [1.29, 1.82) is 0 Å². The Kier molecular flexibility index (Phi) is 6.76. The number of likely N-dealkylation sites (N-methyl/N-ethyl adjacent to an activating group) is 1. The molecular weight excluding hydrogens is 396 g/mol. The lowest BCUT2D eigenvalue weighted by Crippen LogP contribution is -2.52. The number of piperidine rings is 1. The van der Waals surface area contributed by atoms with E-state index in [0.29, 0.717) is 38.2 Å². The molecular formula is C19H28N4O5S. The molecule has 1 aromatic rings. The van der Waals surface area contributed by atoms with Crippen molar-refractivity contribution in [1.82, 2.24) is 14.1 Å². The van der Waals surface area contributed by atoms with E-state index in [1.807, 2.05) is 11.9 Å². The molecule has 0 saturated carbocycles. The van der Waals surface area contributed by atoms with Gasteiger partial charge < -0.3 is 14.5 Å². The van der Waals surface area contributed by atoms with E-state index in [-0.39, 0.29) is 23.3 Å². The number of nitrogens with zero attached hydrogens (tertiary/aromatic N) is 3. The van der Waals surface area contributed by atoms with Crippen LogP contribution in [0.5, 0.6) is 0 Å². The van der Waals surface area contributed by atoms with Crippen LogP contribution in [0.1, 0.15) is 12.8 Å². The Balaban J connectivity index is 1.67. The number of methoxy groups -OCH3 is 1. The van der Waals surface area contributed by atoms with E-state index >= 15 is 0 Å². The number of piperazine rings is 1. The fraction of sp³-hybridized carbons (Fsp3) is 0.579. The van der Waals surface area contributed by atoms with Gasteiger partial charge in [-0.2, -0.15) is 4.31 Å². The van der Waals surface area contributed by atoms with Crippen molar-refractivity contribution in [3.05, 3.63) is 24.3 Å². The molecule has 0 spiro atoms. The second-order valence-corrected chi connectivity index (χ2v) is 9.41. The van der Waals surface area contributed by atoms with Crippen molar-refractivity contribution < 1.29 is 22.7 Å². The smallest absolute Gasteiger partial charge is 0.411 e. The van der Waals surface area contributed by atoms with Gasteiger partial charge in [0.15, 0.2) is 0 Å². The van der Waals surface area contributed by atoms with Gasteiger partial charge in [0, 0.05) is 45.0 Å². The van der Waals surface area contributed by atoms with Gasteiger partial charge in [0.25, 0.3) is 0 Å². The quantitative estimate of drug-likeness (QED) is 0.775. The van der Waals surface area contributed by atoms with Crippen molar-refractivity contribution in [3.63, 3.8) is 0 Å². The predicted molar refractivity (Wildman–Crippen MR) is 108 cm³/mol. The Morgan fingerprint density at radius 3 is 2.34 bits per heavy atom. The minimum Gasteiger partial charge on any atom is -0.453 e. The molecule has 160 valence electrons. The molecule has 2 aliphatic heterocycles. The Hall–Kier alpha value is -2.17. The molecule has 2 amide bonds. The molecule has 3 rings (SSSR count). The Morgan fingerprint density at radius 1 is 1.07 bits per heavy atom. The summed E-state index contributed by atoms with van der Waals surface area (Å²) >= 11 is 0. The summed E-state index contributed by atoms with van der Waals surface area (Å²) in [6.07, 6.45) is 0.742. The number of hydrogen-bond acceptors (Lipinski definition) is 6. The second kappa shape index (κ2) is 9.10. The number of carbonyl (C=O) groups excluding carboxylic acids is 2. The lowest BCUT2D eigenvalue weighted by atomic mass is 9.98. The van der Waals surface area contributed by atoms with Crippen LogP contribution >= 0.6 is 0 Å². The van der Waals surface area contributed by atoms with Gasteiger partial charge in [-0.25, -0.2) is 13.2 Å². The summed E-state index contributed by atoms with van der Waals surface area (Å²) < 4.78 is 32.0. The molecule has 9 nitrogen and oxygen atoms in total. The molecule has 10 heteroatoms. The maximum atomic E-state index is 13.0. The molecule has 29 heavy (non-hydrogen) atoms. The number of rotatable bonds is 4. The van der Waals surface area contributed by atoms with Crippen LogP contribution < -0.4 is 5.32 Å². The second-order valence-electron chi connectivity index (χ2n) is 7.47. The zero-order valence-corrected chi connectivity index (χ0v) is 17.7. The first kappa shape index (κ1) is 21.5. The third kappa shape index (κ3) is 5.06. The van der Waals surface area contributed by atoms with E-state index in [0.717, 1.165) is 13.1 Å². The van der Waals surface area contributed by atoms with Crippen molar-refractivity contribution >= 4 is 27.7 Å². The molecule has 0 unspecified atom stereocenters. The molecule has 1 atom stereocenters. The predicted octanol–water partition coefficient (Wildman–Crippen LogP) is 1.04. The summed E-state index contributed by atoms with van der Waals surface area (Å²) in [4.78, 5) is 28.3. The maximum Gasteiger partial charge on any atom is 0.411 e. The van der Waals surface area contributed by atoms with Crippen LogP contribution in [0, 0.1) is 5.92 Å². The van der Waals surface area contributed by atoms with Gasteiger partial charge in [-0.1, -0.05) is 0 Å². The molecule has 1 aromatic carbocycles. The Labute approximate surface area is 171 Å². The number of carbonyl (C=O) groups is 2. The number of sulfonamides is 1. The number of ether oxygens (including phenoxy) is 1. The van der Waals surface area contributed by atoms with Gasteiger partial charge in [0.05, 0.1) is 17.9 Å². The first-order chi connectivity index (χ1) is 13.8. The molecule has 1 N–H and O–H groups in total. The summed E-state index contributed by atoms with van der Waals surface area (Å²) in [5.41, 5.74) is 0.442. The van der Waals surface area contributed by atoms with Crippen LogP contribution in [0.3, 0.4) is 0 Å². The number of hydrogen-bond donors (Lipinski definition) is 1. The first-order valence-electron chi connectivity index (χ1n) is 9.74. The zero-order valence-electron chi connectivity index (χ0n) is 16.8. The number of nitrogens with one attached hydrogen (secondary N) is 1. The molecule has 0 aromatic heterocycles. The molecule has 2 saturated heterocycles. The third-order valence-electron chi connectivity index (χ3n) is 5.47. The van der Waals surface area contributed by atoms with Gasteiger partial charge in [-0.15, -0.1) is 0 Å². The van der Waals surface area contributed by atoms with Crippen LogP contribution in [0.4, 0.5) is 10.5 Å². The Morgan fingerprint density at radius 2 is 1.72 bits per heavy atom. The maximum absolute atomic E-state index is 13.0. The van der Waals surface area contributed by atoms with Crippen molar-refractivity contribution in [2.75, 3.05) is 58.7 Å². The van der Waals surface area contributed by atoms with Crippen LogP contribution in [0.15, 0.2) is 29.2 Å². The van der Waals surface area contributed by atoms with Crippen LogP contribution in [-0.4, -0.2) is 87.9 Å². The summed E-state index contributed by atoms with van der Waals surface area (Å²) in [5.74, 6) is -0.252. The fourth-order valence-electron chi connectivity index (χ4n) is 3.68. The number of anilines is 1. The largest absolute Gasteiger partial charge is 0.453 e. The highest BCUT2D eigenvalue weighted by molar-refractivity contribution is 7.89. The summed E-state index contributed by atoms with van der Waals surface area (Å²) in [6, 6.07) is 5.93. The highest BCUT2D eigenvalue weighted by atomic mass is 32.2. The molecule has 2 heterocycles. The topological polar surface area (TPSA) is 99.3 Å². The van der Waals surface area contributed by atoms with Crippen LogP contribution in [-0.2, 0) is 19.6 Å². The van der Waals surface area contributed by atoms with Gasteiger partial charge in [0.2, 0.25) is 15.9 Å². The first-order valence-corrected chi connectivity index (χ1v) is 11.2. The average Bonchev–Trinajstić information content (AvgIpc) is 2.74. The average molecular weight is 425 g/mol. The summed E-state index contributed by atoms with van der Waals surface area (Å²) in [6.45, 7) is 3.66. The summed E-state index contributed by atoms with van der Waals surface area (Å²) in [5, 5.41) is 2.49. The highest BCUT2D eigenvalue weighted by Crippen LogP contribution is 2.26. The van der Waals surface area contributed by atoms with E-state index < -0.39 is 16.1 Å². The van der Waals surface area contributed by atoms with Gasteiger partial charge >= 0.3 is 6.09 Å². The van der Waals surface area contributed by atoms with Crippen molar-refractivity contribution in [2.45, 2.75) is 17.7 Å².